The molecule has 1 aliphatic carbocycles. The summed E-state index contributed by atoms with van der Waals surface area (Å²) in [6.45, 7) is 5.77. The molecule has 4 rings (SSSR count). The maximum absolute atomic E-state index is 12.2. The normalized spacial score (nSPS) is 20.7. The van der Waals surface area contributed by atoms with Crippen molar-refractivity contribution >= 4 is 33.3 Å². The number of rotatable bonds is 4. The zero-order valence-corrected chi connectivity index (χ0v) is 14.2. The lowest BCUT2D eigenvalue weighted by molar-refractivity contribution is -0.126. The van der Waals surface area contributed by atoms with Crippen LogP contribution in [0.15, 0.2) is 24.3 Å². The van der Waals surface area contributed by atoms with Gasteiger partial charge in [0.25, 0.3) is 0 Å². The molecule has 2 aromatic rings. The van der Waals surface area contributed by atoms with Crippen molar-refractivity contribution in [3.8, 4) is 0 Å². The summed E-state index contributed by atoms with van der Waals surface area (Å²) in [5.41, 5.74) is 1.08. The summed E-state index contributed by atoms with van der Waals surface area (Å²) >= 11 is 1.58. The summed E-state index contributed by atoms with van der Waals surface area (Å²) in [6.07, 6.45) is 2.29. The van der Waals surface area contributed by atoms with Crippen LogP contribution < -0.4 is 10.2 Å². The molecule has 1 saturated carbocycles. The Balaban J connectivity index is 1.39. The van der Waals surface area contributed by atoms with Gasteiger partial charge in [0.2, 0.25) is 5.91 Å². The lowest BCUT2D eigenvalue weighted by atomic mass is 10.2. The van der Waals surface area contributed by atoms with Gasteiger partial charge in [-0.25, -0.2) is 0 Å². The zero-order valence-electron chi connectivity index (χ0n) is 13.4. The first-order valence-corrected chi connectivity index (χ1v) is 9.13. The van der Waals surface area contributed by atoms with Crippen LogP contribution in [0.4, 0.5) is 5.00 Å². The predicted molar refractivity (Wildman–Crippen MR) is 94.0 cm³/mol. The molecule has 5 nitrogen and oxygen atoms in total. The standard InChI is InChI=1S/C17H22N4OS/c1-12(16(22)18-13-6-7-13)20-8-10-21(11-9-20)17-14-4-2-3-5-15(14)19-23-17/h2-5,12-13H,6-11H2,1H3,(H,18,22)/t12-/m0/s1. The van der Waals surface area contributed by atoms with Gasteiger partial charge in [0.15, 0.2) is 0 Å². The van der Waals surface area contributed by atoms with E-state index in [1.807, 2.05) is 13.0 Å². The van der Waals surface area contributed by atoms with Gasteiger partial charge < -0.3 is 10.2 Å². The predicted octanol–water partition coefficient (Wildman–Crippen LogP) is 2.09. The van der Waals surface area contributed by atoms with E-state index in [1.165, 1.54) is 10.4 Å². The zero-order chi connectivity index (χ0) is 15.8. The van der Waals surface area contributed by atoms with E-state index >= 15 is 0 Å². The molecule has 1 aliphatic heterocycles. The van der Waals surface area contributed by atoms with E-state index in [0.717, 1.165) is 44.5 Å². The van der Waals surface area contributed by atoms with Crippen LogP contribution in [0.5, 0.6) is 0 Å². The van der Waals surface area contributed by atoms with Crippen molar-refractivity contribution < 1.29 is 4.79 Å². The second kappa shape index (κ2) is 6.09. The number of carbonyl (C=O) groups is 1. The second-order valence-electron chi connectivity index (χ2n) is 6.49. The summed E-state index contributed by atoms with van der Waals surface area (Å²) in [5, 5.41) is 5.61. The van der Waals surface area contributed by atoms with Crippen LogP contribution in [0, 0.1) is 0 Å². The highest BCUT2D eigenvalue weighted by Gasteiger charge is 2.30. The van der Waals surface area contributed by atoms with Gasteiger partial charge >= 0.3 is 0 Å². The molecule has 2 fully saturated rings. The van der Waals surface area contributed by atoms with Crippen LogP contribution in [-0.2, 0) is 4.79 Å². The average molecular weight is 330 g/mol. The smallest absolute Gasteiger partial charge is 0.237 e. The number of fused-ring (bicyclic) bond motifs is 1. The minimum absolute atomic E-state index is 0.0315. The molecule has 0 spiro atoms. The molecular weight excluding hydrogens is 308 g/mol. The third-order valence-corrected chi connectivity index (χ3v) is 5.76. The number of carbonyl (C=O) groups excluding carboxylic acids is 1. The van der Waals surface area contributed by atoms with Crippen molar-refractivity contribution in [2.75, 3.05) is 31.1 Å². The number of aromatic nitrogens is 1. The molecule has 1 N–H and O–H groups in total. The molecule has 1 aromatic heterocycles. The van der Waals surface area contributed by atoms with Crippen LogP contribution >= 0.6 is 11.5 Å². The Morgan fingerprint density at radius 3 is 2.74 bits per heavy atom. The summed E-state index contributed by atoms with van der Waals surface area (Å²) in [4.78, 5) is 16.9. The van der Waals surface area contributed by atoms with Gasteiger partial charge in [-0.2, -0.15) is 4.37 Å². The van der Waals surface area contributed by atoms with Gasteiger partial charge in [0, 0.05) is 37.6 Å². The highest BCUT2D eigenvalue weighted by molar-refractivity contribution is 7.11. The molecule has 23 heavy (non-hydrogen) atoms. The van der Waals surface area contributed by atoms with E-state index in [-0.39, 0.29) is 11.9 Å². The number of nitrogens with zero attached hydrogens (tertiary/aromatic N) is 3. The molecule has 1 atom stereocenters. The monoisotopic (exact) mass is 330 g/mol. The van der Waals surface area contributed by atoms with Crippen LogP contribution in [-0.4, -0.2) is 53.4 Å². The third-order valence-electron chi connectivity index (χ3n) is 4.82. The van der Waals surface area contributed by atoms with Crippen LogP contribution in [0.2, 0.25) is 0 Å². The third kappa shape index (κ3) is 3.05. The highest BCUT2D eigenvalue weighted by atomic mass is 32.1. The first-order valence-electron chi connectivity index (χ1n) is 8.36. The largest absolute Gasteiger partial charge is 0.359 e. The maximum atomic E-state index is 12.2. The maximum Gasteiger partial charge on any atom is 0.237 e. The number of anilines is 1. The van der Waals surface area contributed by atoms with Crippen molar-refractivity contribution in [1.82, 2.24) is 14.6 Å². The molecule has 1 saturated heterocycles. The SMILES string of the molecule is C[C@@H](C(=O)NC1CC1)N1CCN(c2snc3ccccc23)CC1. The lowest BCUT2D eigenvalue weighted by Gasteiger charge is -2.37. The summed E-state index contributed by atoms with van der Waals surface area (Å²) in [5.74, 6) is 0.184. The molecule has 0 unspecified atom stereocenters. The van der Waals surface area contributed by atoms with Gasteiger partial charge in [-0.3, -0.25) is 9.69 Å². The van der Waals surface area contributed by atoms with E-state index in [0.29, 0.717) is 6.04 Å². The second-order valence-corrected chi connectivity index (χ2v) is 7.24. The molecule has 1 aromatic carbocycles. The lowest BCUT2D eigenvalue weighted by Crippen LogP contribution is -2.54. The quantitative estimate of drug-likeness (QED) is 0.932. The molecule has 1 amide bonds. The molecule has 2 heterocycles. The van der Waals surface area contributed by atoms with Gasteiger partial charge in [-0.1, -0.05) is 12.1 Å². The molecular formula is C17H22N4OS. The Labute approximate surface area is 140 Å². The van der Waals surface area contributed by atoms with Crippen molar-refractivity contribution in [3.05, 3.63) is 24.3 Å². The molecule has 6 heteroatoms. The van der Waals surface area contributed by atoms with Crippen molar-refractivity contribution in [2.24, 2.45) is 0 Å². The number of hydrogen-bond acceptors (Lipinski definition) is 5. The van der Waals surface area contributed by atoms with Crippen LogP contribution in [0.25, 0.3) is 10.9 Å². The van der Waals surface area contributed by atoms with E-state index in [2.05, 4.69) is 37.7 Å². The Morgan fingerprint density at radius 2 is 2.00 bits per heavy atom. The van der Waals surface area contributed by atoms with Gasteiger partial charge in [-0.05, 0) is 43.4 Å². The minimum atomic E-state index is -0.0315. The van der Waals surface area contributed by atoms with Crippen LogP contribution in [0.1, 0.15) is 19.8 Å². The van der Waals surface area contributed by atoms with E-state index < -0.39 is 0 Å². The number of amides is 1. The molecule has 2 aliphatic rings. The number of piperazine rings is 1. The first-order chi connectivity index (χ1) is 11.2. The van der Waals surface area contributed by atoms with Crippen molar-refractivity contribution in [2.45, 2.75) is 31.8 Å². The first kappa shape index (κ1) is 14.9. The summed E-state index contributed by atoms with van der Waals surface area (Å²) < 4.78 is 4.54. The Hall–Kier alpha value is -1.66. The van der Waals surface area contributed by atoms with E-state index in [9.17, 15) is 4.79 Å². The summed E-state index contributed by atoms with van der Waals surface area (Å²) in [6, 6.07) is 8.72. The fourth-order valence-corrected chi connectivity index (χ4v) is 4.04. The Morgan fingerprint density at radius 1 is 1.26 bits per heavy atom. The number of hydrogen-bond donors (Lipinski definition) is 1. The van der Waals surface area contributed by atoms with Gasteiger partial charge in [0.1, 0.15) is 5.00 Å². The average Bonchev–Trinajstić information content (AvgIpc) is 3.30. The van der Waals surface area contributed by atoms with Gasteiger partial charge in [-0.15, -0.1) is 0 Å². The van der Waals surface area contributed by atoms with Crippen molar-refractivity contribution in [1.29, 1.82) is 0 Å². The number of nitrogens with one attached hydrogen (secondary N) is 1. The Bertz CT molecular complexity index is 703. The van der Waals surface area contributed by atoms with Crippen molar-refractivity contribution in [3.63, 3.8) is 0 Å². The van der Waals surface area contributed by atoms with E-state index in [4.69, 9.17) is 0 Å². The highest BCUT2D eigenvalue weighted by Crippen LogP contribution is 2.31. The van der Waals surface area contributed by atoms with Gasteiger partial charge in [0.05, 0.1) is 11.6 Å². The van der Waals surface area contributed by atoms with Crippen LogP contribution in [0.3, 0.4) is 0 Å². The minimum Gasteiger partial charge on any atom is -0.359 e. The Kier molecular flexibility index (Phi) is 3.95. The molecule has 122 valence electrons. The number of benzene rings is 1. The fourth-order valence-electron chi connectivity index (χ4n) is 3.13. The fraction of sp³-hybridized carbons (Fsp3) is 0.529. The molecule has 0 radical (unpaired) electrons. The molecule has 0 bridgehead atoms. The topological polar surface area (TPSA) is 48.5 Å². The summed E-state index contributed by atoms with van der Waals surface area (Å²) in [7, 11) is 0. The van der Waals surface area contributed by atoms with E-state index in [1.54, 1.807) is 11.5 Å².